The minimum atomic E-state index is -2.72. The van der Waals surface area contributed by atoms with Crippen LogP contribution in [-0.2, 0) is 0 Å². The van der Waals surface area contributed by atoms with Gasteiger partial charge in [-0.25, -0.2) is 0 Å². The first-order valence-electron chi connectivity index (χ1n) is 1.43. The standard InChI is InChI=1S/CH6As2O4/c4-2(5)1-3(6)7/h4-7H,1H2. The molecule has 0 aromatic rings. The topological polar surface area (TPSA) is 80.9 Å². The molecular formula is CH6As2O4. The second-order valence-electron chi connectivity index (χ2n) is 0.886. The van der Waals surface area contributed by atoms with E-state index in [1.165, 1.54) is 0 Å². The van der Waals surface area contributed by atoms with Gasteiger partial charge < -0.3 is 0 Å². The van der Waals surface area contributed by atoms with Crippen molar-refractivity contribution in [2.24, 2.45) is 0 Å². The Hall–Kier alpha value is 0.957. The van der Waals surface area contributed by atoms with E-state index in [1.54, 1.807) is 0 Å². The average molecular weight is 232 g/mol. The Bertz CT molecular complexity index is 39.0. The third kappa shape index (κ3) is 6.96. The number of hydrogen-bond acceptors (Lipinski definition) is 4. The van der Waals surface area contributed by atoms with Gasteiger partial charge in [0, 0.05) is 0 Å². The molecule has 0 aliphatic carbocycles. The molecule has 4 nitrogen and oxygen atoms in total. The van der Waals surface area contributed by atoms with E-state index in [4.69, 9.17) is 16.4 Å². The molecule has 0 saturated carbocycles. The van der Waals surface area contributed by atoms with E-state index in [2.05, 4.69) is 0 Å². The molecule has 0 spiro atoms. The fraction of sp³-hybridized carbons (Fsp3) is 1.00. The Morgan fingerprint density at radius 3 is 1.14 bits per heavy atom. The predicted molar refractivity (Wildman–Crippen MR) is 25.2 cm³/mol. The van der Waals surface area contributed by atoms with E-state index in [0.29, 0.717) is 0 Å². The Kier molecular flexibility index (Phi) is 4.43. The summed E-state index contributed by atoms with van der Waals surface area (Å²) in [7, 11) is 0. The molecule has 0 unspecified atom stereocenters. The Labute approximate surface area is 51.3 Å². The zero-order chi connectivity index (χ0) is 5.86. The van der Waals surface area contributed by atoms with Gasteiger partial charge in [-0.05, 0) is 0 Å². The summed E-state index contributed by atoms with van der Waals surface area (Å²) in [5, 5.41) is 0. The summed E-state index contributed by atoms with van der Waals surface area (Å²) in [4.78, 5) is 0. The summed E-state index contributed by atoms with van der Waals surface area (Å²) >= 11 is -5.44. The zero-order valence-corrected chi connectivity index (χ0v) is 7.14. The molecule has 0 amide bonds. The van der Waals surface area contributed by atoms with Crippen LogP contribution < -0.4 is 0 Å². The molecule has 0 rings (SSSR count). The van der Waals surface area contributed by atoms with Crippen molar-refractivity contribution in [2.75, 3.05) is 0 Å². The molecule has 0 fully saturated rings. The van der Waals surface area contributed by atoms with Crippen molar-refractivity contribution in [3.63, 3.8) is 0 Å². The van der Waals surface area contributed by atoms with Crippen molar-refractivity contribution >= 4 is 30.7 Å². The summed E-state index contributed by atoms with van der Waals surface area (Å²) < 4.78 is 32.4. The molecular weight excluding hydrogens is 226 g/mol. The minimum absolute atomic E-state index is 0.125. The summed E-state index contributed by atoms with van der Waals surface area (Å²) in [6.45, 7) is 0. The Morgan fingerprint density at radius 2 is 1.14 bits per heavy atom. The summed E-state index contributed by atoms with van der Waals surface area (Å²) in [5.74, 6) is 0. The predicted octanol–water partition coefficient (Wildman–Crippen LogP) is -2.53. The van der Waals surface area contributed by atoms with Crippen LogP contribution in [0.2, 0.25) is 4.00 Å². The molecule has 0 bridgehead atoms. The van der Waals surface area contributed by atoms with Crippen molar-refractivity contribution in [2.45, 2.75) is 4.00 Å². The second kappa shape index (κ2) is 3.90. The molecule has 0 aliphatic heterocycles. The molecule has 6 heteroatoms. The molecule has 0 radical (unpaired) electrons. The molecule has 0 aliphatic rings. The van der Waals surface area contributed by atoms with Crippen molar-refractivity contribution in [3.8, 4) is 0 Å². The van der Waals surface area contributed by atoms with Crippen LogP contribution in [0.4, 0.5) is 0 Å². The third-order valence-corrected chi connectivity index (χ3v) is 6.83. The molecule has 7 heavy (non-hydrogen) atoms. The van der Waals surface area contributed by atoms with Crippen LogP contribution in [0.1, 0.15) is 0 Å². The summed E-state index contributed by atoms with van der Waals surface area (Å²) in [6.07, 6.45) is 0. The van der Waals surface area contributed by atoms with Crippen molar-refractivity contribution in [3.05, 3.63) is 0 Å². The monoisotopic (exact) mass is 232 g/mol. The molecule has 0 heterocycles. The van der Waals surface area contributed by atoms with Crippen molar-refractivity contribution in [1.82, 2.24) is 0 Å². The normalized spacial score (nSPS) is 11.1. The second-order valence-corrected chi connectivity index (χ2v) is 7.69. The van der Waals surface area contributed by atoms with Gasteiger partial charge in [0.2, 0.25) is 0 Å². The van der Waals surface area contributed by atoms with Crippen LogP contribution in [0, 0.1) is 0 Å². The molecule has 0 aromatic carbocycles. The van der Waals surface area contributed by atoms with Crippen LogP contribution in [0.15, 0.2) is 0 Å². The van der Waals surface area contributed by atoms with Crippen LogP contribution in [-0.4, -0.2) is 47.1 Å². The first-order valence-corrected chi connectivity index (χ1v) is 7.44. The SMILES string of the molecule is O[As](O)C[As](O)O. The van der Waals surface area contributed by atoms with E-state index >= 15 is 0 Å². The molecule has 0 saturated heterocycles. The van der Waals surface area contributed by atoms with E-state index < -0.39 is 30.7 Å². The van der Waals surface area contributed by atoms with E-state index in [1.807, 2.05) is 0 Å². The summed E-state index contributed by atoms with van der Waals surface area (Å²) in [6, 6.07) is 0. The molecule has 0 atom stereocenters. The van der Waals surface area contributed by atoms with Crippen LogP contribution in [0.25, 0.3) is 0 Å². The number of rotatable bonds is 2. The van der Waals surface area contributed by atoms with Gasteiger partial charge in [0.1, 0.15) is 0 Å². The third-order valence-electron chi connectivity index (χ3n) is 0.253. The first kappa shape index (κ1) is 7.96. The van der Waals surface area contributed by atoms with Crippen LogP contribution in [0.3, 0.4) is 0 Å². The quantitative estimate of drug-likeness (QED) is 0.396. The molecule has 4 N–H and O–H groups in total. The van der Waals surface area contributed by atoms with Crippen molar-refractivity contribution < 1.29 is 16.4 Å². The Morgan fingerprint density at radius 1 is 0.857 bits per heavy atom. The van der Waals surface area contributed by atoms with Gasteiger partial charge in [-0.2, -0.15) is 0 Å². The fourth-order valence-corrected chi connectivity index (χ4v) is 3.05. The van der Waals surface area contributed by atoms with Gasteiger partial charge >= 0.3 is 51.0 Å². The zero-order valence-electron chi connectivity index (χ0n) is 3.39. The van der Waals surface area contributed by atoms with E-state index in [9.17, 15) is 0 Å². The molecule has 44 valence electrons. The fourth-order valence-electron chi connectivity index (χ4n) is 0.113. The van der Waals surface area contributed by atoms with Crippen LogP contribution >= 0.6 is 0 Å². The van der Waals surface area contributed by atoms with Gasteiger partial charge in [0.15, 0.2) is 0 Å². The van der Waals surface area contributed by atoms with Gasteiger partial charge in [-0.15, -0.1) is 0 Å². The van der Waals surface area contributed by atoms with E-state index in [0.717, 1.165) is 0 Å². The van der Waals surface area contributed by atoms with Crippen molar-refractivity contribution in [1.29, 1.82) is 0 Å². The van der Waals surface area contributed by atoms with Gasteiger partial charge in [-0.3, -0.25) is 0 Å². The molecule has 0 aromatic heterocycles. The van der Waals surface area contributed by atoms with Gasteiger partial charge in [0.25, 0.3) is 0 Å². The average Bonchev–Trinajstić information content (AvgIpc) is 1.27. The summed E-state index contributed by atoms with van der Waals surface area (Å²) in [5.41, 5.74) is 0. The first-order chi connectivity index (χ1) is 3.13. The maximum atomic E-state index is 8.14. The van der Waals surface area contributed by atoms with E-state index in [-0.39, 0.29) is 4.00 Å². The number of hydrogen-bond donors (Lipinski definition) is 4. The van der Waals surface area contributed by atoms with Crippen LogP contribution in [0.5, 0.6) is 0 Å². The van der Waals surface area contributed by atoms with Gasteiger partial charge in [0.05, 0.1) is 0 Å². The maximum absolute atomic E-state index is 8.14. The Balaban J connectivity index is 2.95. The van der Waals surface area contributed by atoms with Gasteiger partial charge in [-0.1, -0.05) is 0 Å².